The van der Waals surface area contributed by atoms with Crippen LogP contribution in [-0.4, -0.2) is 71.9 Å². The Morgan fingerprint density at radius 3 is 2.82 bits per heavy atom. The fourth-order valence-corrected chi connectivity index (χ4v) is 4.43. The summed E-state index contributed by atoms with van der Waals surface area (Å²) in [6.45, 7) is 5.63. The average molecular weight is 392 g/mol. The van der Waals surface area contributed by atoms with Gasteiger partial charge in [0.15, 0.2) is 0 Å². The van der Waals surface area contributed by atoms with Crippen LogP contribution in [0, 0.1) is 5.92 Å². The Morgan fingerprint density at radius 1 is 1.25 bits per heavy atom. The van der Waals surface area contributed by atoms with E-state index in [0.29, 0.717) is 25.9 Å². The van der Waals surface area contributed by atoms with Crippen molar-refractivity contribution < 1.29 is 13.9 Å². The van der Waals surface area contributed by atoms with E-state index in [9.17, 15) is 9.18 Å². The lowest BCUT2D eigenvalue weighted by Gasteiger charge is -2.36. The van der Waals surface area contributed by atoms with E-state index in [1.165, 1.54) is 0 Å². The number of hydrogen-bond donors (Lipinski definition) is 2. The topological polar surface area (TPSA) is 82.6 Å². The second kappa shape index (κ2) is 7.88. The molecule has 2 saturated heterocycles. The van der Waals surface area contributed by atoms with Gasteiger partial charge in [-0.2, -0.15) is 0 Å². The van der Waals surface area contributed by atoms with Crippen molar-refractivity contribution in [3.05, 3.63) is 18.1 Å². The zero-order valence-electron chi connectivity index (χ0n) is 16.6. The summed E-state index contributed by atoms with van der Waals surface area (Å²) in [4.78, 5) is 24.6. The van der Waals surface area contributed by atoms with Gasteiger partial charge in [-0.3, -0.25) is 10.2 Å². The van der Waals surface area contributed by atoms with Gasteiger partial charge < -0.3 is 14.5 Å². The smallest absolute Gasteiger partial charge is 0.241 e. The number of ether oxygens (including phenoxy) is 1. The van der Waals surface area contributed by atoms with E-state index in [0.717, 1.165) is 18.1 Å². The predicted octanol–water partition coefficient (Wildman–Crippen LogP) is 0.814. The molecule has 154 valence electrons. The summed E-state index contributed by atoms with van der Waals surface area (Å²) in [5.41, 5.74) is 7.40. The number of piperazine rings is 1. The van der Waals surface area contributed by atoms with E-state index in [1.54, 1.807) is 11.2 Å². The molecule has 2 aliphatic heterocycles. The molecule has 0 radical (unpaired) electrons. The number of carbonyl (C=O) groups excluding carboxylic acids is 1. The molecule has 1 amide bonds. The lowest BCUT2D eigenvalue weighted by molar-refractivity contribution is -0.129. The van der Waals surface area contributed by atoms with Crippen LogP contribution in [0.25, 0.3) is 0 Å². The Balaban J connectivity index is 1.50. The van der Waals surface area contributed by atoms with Crippen LogP contribution in [0.5, 0.6) is 0 Å². The van der Waals surface area contributed by atoms with Gasteiger partial charge in [0.1, 0.15) is 18.3 Å². The molecule has 0 aromatic carbocycles. The number of aromatic nitrogens is 2. The molecular weight excluding hydrogens is 363 g/mol. The van der Waals surface area contributed by atoms with Crippen molar-refractivity contribution in [2.45, 2.75) is 57.2 Å². The highest BCUT2D eigenvalue weighted by Gasteiger charge is 2.46. The molecular formula is C19H29FN6O2. The molecule has 5 unspecified atom stereocenters. The van der Waals surface area contributed by atoms with Crippen LogP contribution in [0.1, 0.15) is 38.4 Å². The van der Waals surface area contributed by atoms with Crippen LogP contribution in [0.15, 0.2) is 12.4 Å². The van der Waals surface area contributed by atoms with Crippen LogP contribution in [0.4, 0.5) is 10.2 Å². The van der Waals surface area contributed by atoms with Gasteiger partial charge in [-0.25, -0.2) is 19.8 Å². The van der Waals surface area contributed by atoms with Crippen LogP contribution < -0.4 is 15.8 Å². The Kier molecular flexibility index (Phi) is 5.48. The maximum Gasteiger partial charge on any atom is 0.241 e. The van der Waals surface area contributed by atoms with E-state index in [2.05, 4.69) is 20.8 Å². The molecule has 3 aliphatic rings. The number of amides is 1. The lowest BCUT2D eigenvalue weighted by Crippen LogP contribution is -2.48. The Morgan fingerprint density at radius 2 is 2.07 bits per heavy atom. The van der Waals surface area contributed by atoms with Crippen molar-refractivity contribution in [3.63, 3.8) is 0 Å². The number of hydrazine groups is 1. The van der Waals surface area contributed by atoms with Crippen LogP contribution >= 0.6 is 0 Å². The first kappa shape index (κ1) is 19.5. The summed E-state index contributed by atoms with van der Waals surface area (Å²) in [5.74, 6) is 1.03. The maximum absolute atomic E-state index is 14.5. The second-order valence-electron chi connectivity index (χ2n) is 8.29. The van der Waals surface area contributed by atoms with Crippen LogP contribution in [-0.2, 0) is 9.53 Å². The third-order valence-electron chi connectivity index (χ3n) is 5.98. The number of anilines is 1. The van der Waals surface area contributed by atoms with Gasteiger partial charge in [0.05, 0.1) is 30.5 Å². The summed E-state index contributed by atoms with van der Waals surface area (Å²) >= 11 is 0. The molecule has 28 heavy (non-hydrogen) atoms. The number of nitrogens with zero attached hydrogens (tertiary/aromatic N) is 4. The van der Waals surface area contributed by atoms with Crippen molar-refractivity contribution in [2.24, 2.45) is 5.92 Å². The highest BCUT2D eigenvalue weighted by molar-refractivity contribution is 5.82. The highest BCUT2D eigenvalue weighted by atomic mass is 19.1. The second-order valence-corrected chi connectivity index (χ2v) is 8.29. The first-order chi connectivity index (χ1) is 13.4. The summed E-state index contributed by atoms with van der Waals surface area (Å²) in [5, 5.41) is 0. The monoisotopic (exact) mass is 392 g/mol. The average Bonchev–Trinajstić information content (AvgIpc) is 3.06. The van der Waals surface area contributed by atoms with E-state index in [1.807, 2.05) is 31.9 Å². The van der Waals surface area contributed by atoms with E-state index in [4.69, 9.17) is 4.74 Å². The number of nitrogens with one attached hydrogen (secondary N) is 2. The fourth-order valence-electron chi connectivity index (χ4n) is 4.43. The number of hydrogen-bond acceptors (Lipinski definition) is 7. The van der Waals surface area contributed by atoms with Gasteiger partial charge in [0, 0.05) is 38.2 Å². The van der Waals surface area contributed by atoms with Crippen molar-refractivity contribution in [2.75, 3.05) is 31.6 Å². The Labute approximate surface area is 164 Å². The highest BCUT2D eigenvalue weighted by Crippen LogP contribution is 2.40. The van der Waals surface area contributed by atoms with Crippen LogP contribution in [0.2, 0.25) is 0 Å². The number of carbonyl (C=O) groups is 1. The summed E-state index contributed by atoms with van der Waals surface area (Å²) in [7, 11) is 1.82. The molecule has 3 fully saturated rings. The zero-order chi connectivity index (χ0) is 19.8. The molecule has 1 aromatic heterocycles. The maximum atomic E-state index is 14.5. The van der Waals surface area contributed by atoms with E-state index >= 15 is 0 Å². The minimum Gasteiger partial charge on any atom is -0.373 e. The predicted molar refractivity (Wildman–Crippen MR) is 102 cm³/mol. The summed E-state index contributed by atoms with van der Waals surface area (Å²) < 4.78 is 20.3. The van der Waals surface area contributed by atoms with Crippen molar-refractivity contribution >= 4 is 11.7 Å². The molecule has 4 rings (SSSR count). The molecule has 3 heterocycles. The number of likely N-dealkylation sites (N-methyl/N-ethyl adjacent to an activating group) is 1. The molecule has 2 N–H and O–H groups in total. The quantitative estimate of drug-likeness (QED) is 0.785. The molecule has 5 atom stereocenters. The molecule has 1 aromatic rings. The SMILES string of the molecule is CC(C)OC1CC2C(CC1F)NNC2c1cc(N2CCN(C)C(=O)C2)ncn1. The Hall–Kier alpha value is -1.84. The van der Waals surface area contributed by atoms with Gasteiger partial charge in [-0.05, 0) is 26.7 Å². The van der Waals surface area contributed by atoms with Crippen LogP contribution in [0.3, 0.4) is 0 Å². The van der Waals surface area contributed by atoms with Gasteiger partial charge in [0.2, 0.25) is 5.91 Å². The van der Waals surface area contributed by atoms with Gasteiger partial charge in [-0.1, -0.05) is 0 Å². The fraction of sp³-hybridized carbons (Fsp3) is 0.737. The van der Waals surface area contributed by atoms with E-state index < -0.39 is 6.17 Å². The Bertz CT molecular complexity index is 719. The molecule has 8 nitrogen and oxygen atoms in total. The third-order valence-corrected chi connectivity index (χ3v) is 5.98. The van der Waals surface area contributed by atoms with Crippen molar-refractivity contribution in [1.82, 2.24) is 25.7 Å². The largest absolute Gasteiger partial charge is 0.373 e. The standard InChI is InChI=1S/C19H29FN6O2/c1-11(2)28-16-6-12-14(7-13(16)20)23-24-19(12)15-8-17(22-10-21-15)26-5-4-25(3)18(27)9-26/h8,10-14,16,19,23-24H,4-7,9H2,1-3H3. The summed E-state index contributed by atoms with van der Waals surface area (Å²) in [6.07, 6.45) is 1.26. The lowest BCUT2D eigenvalue weighted by atomic mass is 9.78. The number of fused-ring (bicyclic) bond motifs is 1. The molecule has 0 bridgehead atoms. The summed E-state index contributed by atoms with van der Waals surface area (Å²) in [6, 6.07) is 1.96. The van der Waals surface area contributed by atoms with E-state index in [-0.39, 0.29) is 36.1 Å². The normalized spacial score (nSPS) is 33.5. The van der Waals surface area contributed by atoms with Crippen molar-refractivity contribution in [3.8, 4) is 0 Å². The molecule has 0 spiro atoms. The first-order valence-corrected chi connectivity index (χ1v) is 10.0. The molecule has 1 aliphatic carbocycles. The number of halogens is 1. The third kappa shape index (κ3) is 3.83. The zero-order valence-corrected chi connectivity index (χ0v) is 16.6. The minimum absolute atomic E-state index is 0.000920. The number of rotatable bonds is 4. The van der Waals surface area contributed by atoms with Gasteiger partial charge >= 0.3 is 0 Å². The molecule has 1 saturated carbocycles. The number of alkyl halides is 1. The van der Waals surface area contributed by atoms with Crippen molar-refractivity contribution in [1.29, 1.82) is 0 Å². The minimum atomic E-state index is -0.964. The molecule has 9 heteroatoms. The van der Waals surface area contributed by atoms with Gasteiger partial charge in [-0.15, -0.1) is 0 Å². The first-order valence-electron chi connectivity index (χ1n) is 10.0. The van der Waals surface area contributed by atoms with Gasteiger partial charge in [0.25, 0.3) is 0 Å².